The zero-order chi connectivity index (χ0) is 17.0. The van der Waals surface area contributed by atoms with Crippen LogP contribution in [0.3, 0.4) is 0 Å². The van der Waals surface area contributed by atoms with Gasteiger partial charge in [-0.3, -0.25) is 0 Å². The lowest BCUT2D eigenvalue weighted by Crippen LogP contribution is -2.22. The van der Waals surface area contributed by atoms with Crippen molar-refractivity contribution in [2.45, 2.75) is 4.90 Å². The molecule has 118 valence electrons. The van der Waals surface area contributed by atoms with Crippen LogP contribution in [-0.4, -0.2) is 32.8 Å². The maximum absolute atomic E-state index is 12.1. The number of nitriles is 1. The molecule has 2 rings (SSSR count). The molecule has 7 heteroatoms. The SMILES string of the molecule is CN(C)S(=O)(=O)c1cccc(C(=O)Oc2ccc(C#N)cc2)c1. The van der Waals surface area contributed by atoms with Crippen LogP contribution in [0.5, 0.6) is 5.75 Å². The maximum atomic E-state index is 12.1. The number of carbonyl (C=O) groups is 1. The van der Waals surface area contributed by atoms with Crippen LogP contribution in [0.25, 0.3) is 0 Å². The highest BCUT2D eigenvalue weighted by Gasteiger charge is 2.19. The fourth-order valence-corrected chi connectivity index (χ4v) is 2.71. The van der Waals surface area contributed by atoms with E-state index in [1.807, 2.05) is 6.07 Å². The predicted molar refractivity (Wildman–Crippen MR) is 83.4 cm³/mol. The van der Waals surface area contributed by atoms with E-state index in [0.717, 1.165) is 4.31 Å². The van der Waals surface area contributed by atoms with Gasteiger partial charge in [-0.15, -0.1) is 0 Å². The van der Waals surface area contributed by atoms with Gasteiger partial charge in [0, 0.05) is 14.1 Å². The summed E-state index contributed by atoms with van der Waals surface area (Å²) in [5.74, 6) is -0.402. The van der Waals surface area contributed by atoms with E-state index < -0.39 is 16.0 Å². The average Bonchev–Trinajstić information content (AvgIpc) is 2.55. The van der Waals surface area contributed by atoms with Crippen LogP contribution in [0.2, 0.25) is 0 Å². The summed E-state index contributed by atoms with van der Waals surface area (Å²) in [6.45, 7) is 0. The molecule has 23 heavy (non-hydrogen) atoms. The molecule has 0 atom stereocenters. The van der Waals surface area contributed by atoms with E-state index in [1.165, 1.54) is 62.6 Å². The van der Waals surface area contributed by atoms with Crippen molar-refractivity contribution in [2.75, 3.05) is 14.1 Å². The van der Waals surface area contributed by atoms with Gasteiger partial charge in [0.2, 0.25) is 10.0 Å². The van der Waals surface area contributed by atoms with Gasteiger partial charge in [-0.05, 0) is 42.5 Å². The number of ether oxygens (including phenoxy) is 1. The molecular weight excluding hydrogens is 316 g/mol. The van der Waals surface area contributed by atoms with E-state index in [9.17, 15) is 13.2 Å². The average molecular weight is 330 g/mol. The Labute approximate surface area is 134 Å². The zero-order valence-electron chi connectivity index (χ0n) is 12.6. The highest BCUT2D eigenvalue weighted by Crippen LogP contribution is 2.18. The van der Waals surface area contributed by atoms with Crippen LogP contribution < -0.4 is 4.74 Å². The number of esters is 1. The second-order valence-corrected chi connectivity index (χ2v) is 6.99. The van der Waals surface area contributed by atoms with Gasteiger partial charge in [-0.25, -0.2) is 17.5 Å². The van der Waals surface area contributed by atoms with Crippen LogP contribution >= 0.6 is 0 Å². The second kappa shape index (κ2) is 6.60. The highest BCUT2D eigenvalue weighted by atomic mass is 32.2. The lowest BCUT2D eigenvalue weighted by molar-refractivity contribution is 0.0734. The van der Waals surface area contributed by atoms with Gasteiger partial charge in [0.25, 0.3) is 0 Å². The third kappa shape index (κ3) is 3.74. The molecule has 0 aliphatic rings. The first-order valence-electron chi connectivity index (χ1n) is 6.59. The molecule has 0 unspecified atom stereocenters. The first-order valence-corrected chi connectivity index (χ1v) is 8.03. The van der Waals surface area contributed by atoms with Gasteiger partial charge in [0.15, 0.2) is 0 Å². The summed E-state index contributed by atoms with van der Waals surface area (Å²) in [5, 5.41) is 8.72. The molecule has 0 bridgehead atoms. The van der Waals surface area contributed by atoms with E-state index in [4.69, 9.17) is 10.00 Å². The van der Waals surface area contributed by atoms with Crippen LogP contribution in [-0.2, 0) is 10.0 Å². The van der Waals surface area contributed by atoms with E-state index >= 15 is 0 Å². The Hall–Kier alpha value is -2.69. The lowest BCUT2D eigenvalue weighted by Gasteiger charge is -2.12. The lowest BCUT2D eigenvalue weighted by atomic mass is 10.2. The summed E-state index contributed by atoms with van der Waals surface area (Å²) in [7, 11) is -0.798. The fraction of sp³-hybridized carbons (Fsp3) is 0.125. The van der Waals surface area contributed by atoms with Crippen molar-refractivity contribution in [2.24, 2.45) is 0 Å². The molecule has 0 radical (unpaired) electrons. The van der Waals surface area contributed by atoms with E-state index in [0.29, 0.717) is 5.56 Å². The Morgan fingerprint density at radius 2 is 1.78 bits per heavy atom. The Kier molecular flexibility index (Phi) is 4.79. The monoisotopic (exact) mass is 330 g/mol. The van der Waals surface area contributed by atoms with Crippen molar-refractivity contribution in [1.29, 1.82) is 5.26 Å². The smallest absolute Gasteiger partial charge is 0.343 e. The van der Waals surface area contributed by atoms with Crippen molar-refractivity contribution in [3.05, 3.63) is 59.7 Å². The molecule has 0 saturated heterocycles. The van der Waals surface area contributed by atoms with Gasteiger partial charge < -0.3 is 4.74 Å². The quantitative estimate of drug-likeness (QED) is 0.632. The molecule has 0 aliphatic carbocycles. The standard InChI is InChI=1S/C16H14N2O4S/c1-18(2)23(20,21)15-5-3-4-13(10-15)16(19)22-14-8-6-12(11-17)7-9-14/h3-10H,1-2H3. The third-order valence-corrected chi connectivity index (χ3v) is 4.85. The minimum atomic E-state index is -3.63. The van der Waals surface area contributed by atoms with Crippen LogP contribution in [0, 0.1) is 11.3 Å². The van der Waals surface area contributed by atoms with Gasteiger partial charge in [-0.2, -0.15) is 5.26 Å². The number of nitrogens with zero attached hydrogens (tertiary/aromatic N) is 2. The van der Waals surface area contributed by atoms with Crippen molar-refractivity contribution in [3.63, 3.8) is 0 Å². The minimum Gasteiger partial charge on any atom is -0.423 e. The molecule has 6 nitrogen and oxygen atoms in total. The van der Waals surface area contributed by atoms with Crippen molar-refractivity contribution in [3.8, 4) is 11.8 Å². The highest BCUT2D eigenvalue weighted by molar-refractivity contribution is 7.89. The van der Waals surface area contributed by atoms with Crippen molar-refractivity contribution >= 4 is 16.0 Å². The van der Waals surface area contributed by atoms with Crippen molar-refractivity contribution in [1.82, 2.24) is 4.31 Å². The van der Waals surface area contributed by atoms with Gasteiger partial charge in [0.1, 0.15) is 5.75 Å². The number of carbonyl (C=O) groups excluding carboxylic acids is 1. The molecule has 0 N–H and O–H groups in total. The number of hydrogen-bond donors (Lipinski definition) is 0. The summed E-state index contributed by atoms with van der Waals surface area (Å²) in [6.07, 6.45) is 0. The number of sulfonamides is 1. The second-order valence-electron chi connectivity index (χ2n) is 4.84. The summed E-state index contributed by atoms with van der Waals surface area (Å²) in [5.41, 5.74) is 0.571. The van der Waals surface area contributed by atoms with E-state index in [-0.39, 0.29) is 16.2 Å². The van der Waals surface area contributed by atoms with E-state index in [1.54, 1.807) is 0 Å². The molecule has 0 spiro atoms. The molecule has 0 amide bonds. The van der Waals surface area contributed by atoms with Crippen molar-refractivity contribution < 1.29 is 17.9 Å². The molecule has 0 aliphatic heterocycles. The third-order valence-electron chi connectivity index (χ3n) is 3.04. The van der Waals surface area contributed by atoms with Crippen LogP contribution in [0.1, 0.15) is 15.9 Å². The van der Waals surface area contributed by atoms with Gasteiger partial charge in [0.05, 0.1) is 22.1 Å². The van der Waals surface area contributed by atoms with Gasteiger partial charge in [-0.1, -0.05) is 6.07 Å². The Bertz CT molecular complexity index is 866. The molecular formula is C16H14N2O4S. The van der Waals surface area contributed by atoms with Crippen LogP contribution in [0.4, 0.5) is 0 Å². The molecule has 0 saturated carbocycles. The van der Waals surface area contributed by atoms with Crippen LogP contribution in [0.15, 0.2) is 53.4 Å². The topological polar surface area (TPSA) is 87.5 Å². The minimum absolute atomic E-state index is 0.0109. The number of hydrogen-bond acceptors (Lipinski definition) is 5. The number of rotatable bonds is 4. The largest absolute Gasteiger partial charge is 0.423 e. The van der Waals surface area contributed by atoms with Gasteiger partial charge >= 0.3 is 5.97 Å². The van der Waals surface area contributed by atoms with E-state index in [2.05, 4.69) is 0 Å². The molecule has 0 heterocycles. The number of benzene rings is 2. The normalized spacial score (nSPS) is 11.0. The molecule has 2 aromatic rings. The fourth-order valence-electron chi connectivity index (χ4n) is 1.76. The Morgan fingerprint density at radius 1 is 1.13 bits per heavy atom. The summed E-state index contributed by atoms with van der Waals surface area (Å²) >= 11 is 0. The first-order chi connectivity index (χ1) is 10.8. The first kappa shape index (κ1) is 16.7. The maximum Gasteiger partial charge on any atom is 0.343 e. The summed E-state index contributed by atoms with van der Waals surface area (Å²) in [4.78, 5) is 12.1. The molecule has 0 fully saturated rings. The Balaban J connectivity index is 2.25. The summed E-state index contributed by atoms with van der Waals surface area (Å²) < 4.78 is 30.4. The summed E-state index contributed by atoms with van der Waals surface area (Å²) in [6, 6.07) is 13.6. The molecule has 0 aromatic heterocycles. The Morgan fingerprint density at radius 3 is 2.35 bits per heavy atom. The predicted octanol–water partition coefficient (Wildman–Crippen LogP) is 2.03. The zero-order valence-corrected chi connectivity index (χ0v) is 13.4. The molecule has 2 aromatic carbocycles.